The van der Waals surface area contributed by atoms with Crippen LogP contribution in [0.4, 0.5) is 14.9 Å². The van der Waals surface area contributed by atoms with Gasteiger partial charge in [0.05, 0.1) is 17.3 Å². The predicted octanol–water partition coefficient (Wildman–Crippen LogP) is 5.78. The van der Waals surface area contributed by atoms with E-state index in [1.165, 1.54) is 36.4 Å². The van der Waals surface area contributed by atoms with Crippen molar-refractivity contribution in [3.05, 3.63) is 93.2 Å². The number of carbonyl (C=O) groups excluding carboxylic acids is 3. The third kappa shape index (κ3) is 5.35. The zero-order chi connectivity index (χ0) is 25.8. The second kappa shape index (κ2) is 10.8. The average Bonchev–Trinajstić information content (AvgIpc) is 2.82. The van der Waals surface area contributed by atoms with E-state index in [2.05, 4.69) is 5.32 Å². The standard InChI is InChI=1S/C26H19Cl2FN2O5/c1-2-35-22-12-15(11-20(28)23(22)36-14-16-6-3-4-9-21(16)29)10-19-24(32)30-26(34)31(25(19)33)18-8-5-7-17(27)13-18/h3-13H,2,14H2,1H3,(H,30,32,34)/b19-10+. The van der Waals surface area contributed by atoms with Gasteiger partial charge in [0.2, 0.25) is 0 Å². The third-order valence-corrected chi connectivity index (χ3v) is 5.66. The Labute approximate surface area is 216 Å². The maximum atomic E-state index is 14.0. The van der Waals surface area contributed by atoms with Crippen LogP contribution in [0.25, 0.3) is 6.08 Å². The molecular weight excluding hydrogens is 510 g/mol. The number of carbonyl (C=O) groups is 3. The van der Waals surface area contributed by atoms with Gasteiger partial charge in [0.25, 0.3) is 11.8 Å². The van der Waals surface area contributed by atoms with Crippen molar-refractivity contribution >= 4 is 52.8 Å². The lowest BCUT2D eigenvalue weighted by molar-refractivity contribution is -0.122. The van der Waals surface area contributed by atoms with E-state index < -0.39 is 23.7 Å². The number of barbiturate groups is 1. The zero-order valence-electron chi connectivity index (χ0n) is 18.9. The van der Waals surface area contributed by atoms with Crippen LogP contribution in [0.2, 0.25) is 10.0 Å². The fourth-order valence-corrected chi connectivity index (χ4v) is 3.97. The van der Waals surface area contributed by atoms with Crippen LogP contribution in [-0.2, 0) is 16.2 Å². The predicted molar refractivity (Wildman–Crippen MR) is 134 cm³/mol. The molecule has 0 atom stereocenters. The summed E-state index contributed by atoms with van der Waals surface area (Å²) >= 11 is 12.4. The minimum Gasteiger partial charge on any atom is -0.490 e. The van der Waals surface area contributed by atoms with Crippen molar-refractivity contribution in [3.63, 3.8) is 0 Å². The Kier molecular flexibility index (Phi) is 7.57. The average molecular weight is 529 g/mol. The van der Waals surface area contributed by atoms with E-state index in [-0.39, 0.29) is 41.0 Å². The van der Waals surface area contributed by atoms with Gasteiger partial charge in [-0.25, -0.2) is 14.1 Å². The molecule has 0 radical (unpaired) electrons. The first-order valence-electron chi connectivity index (χ1n) is 10.8. The number of nitrogens with zero attached hydrogens (tertiary/aromatic N) is 1. The summed E-state index contributed by atoms with van der Waals surface area (Å²) in [6.07, 6.45) is 1.29. The molecule has 0 bridgehead atoms. The Morgan fingerprint density at radius 2 is 1.78 bits per heavy atom. The van der Waals surface area contributed by atoms with Gasteiger partial charge in [0.15, 0.2) is 11.5 Å². The van der Waals surface area contributed by atoms with E-state index in [1.807, 2.05) is 0 Å². The summed E-state index contributed by atoms with van der Waals surface area (Å²) in [6.45, 7) is 1.93. The summed E-state index contributed by atoms with van der Waals surface area (Å²) in [5.41, 5.74) is 0.583. The van der Waals surface area contributed by atoms with Gasteiger partial charge in [-0.2, -0.15) is 0 Å². The molecule has 1 aliphatic heterocycles. The van der Waals surface area contributed by atoms with Crippen LogP contribution < -0.4 is 19.7 Å². The largest absolute Gasteiger partial charge is 0.490 e. The smallest absolute Gasteiger partial charge is 0.335 e. The van der Waals surface area contributed by atoms with Gasteiger partial charge in [0, 0.05) is 10.6 Å². The van der Waals surface area contributed by atoms with Crippen LogP contribution in [0.15, 0.2) is 66.2 Å². The van der Waals surface area contributed by atoms with Gasteiger partial charge in [0.1, 0.15) is 18.0 Å². The number of hydrogen-bond acceptors (Lipinski definition) is 5. The lowest BCUT2D eigenvalue weighted by Crippen LogP contribution is -2.54. The summed E-state index contributed by atoms with van der Waals surface area (Å²) in [5, 5.41) is 2.58. The molecule has 0 saturated carbocycles. The number of ether oxygens (including phenoxy) is 2. The summed E-state index contributed by atoms with van der Waals surface area (Å²) < 4.78 is 25.4. The highest BCUT2D eigenvalue weighted by Crippen LogP contribution is 2.38. The van der Waals surface area contributed by atoms with E-state index in [9.17, 15) is 18.8 Å². The number of rotatable bonds is 7. The lowest BCUT2D eigenvalue weighted by Gasteiger charge is -2.26. The number of urea groups is 1. The number of amides is 4. The molecule has 3 aromatic rings. The third-order valence-electron chi connectivity index (χ3n) is 5.14. The molecule has 0 spiro atoms. The minimum atomic E-state index is -0.894. The fourth-order valence-electron chi connectivity index (χ4n) is 3.51. The summed E-state index contributed by atoms with van der Waals surface area (Å²) in [5.74, 6) is -1.70. The molecule has 10 heteroatoms. The van der Waals surface area contributed by atoms with Crippen molar-refractivity contribution < 1.29 is 28.2 Å². The topological polar surface area (TPSA) is 84.9 Å². The Balaban J connectivity index is 1.67. The highest BCUT2D eigenvalue weighted by Gasteiger charge is 2.37. The molecule has 4 rings (SSSR count). The number of anilines is 1. The zero-order valence-corrected chi connectivity index (χ0v) is 20.4. The minimum absolute atomic E-state index is 0.0928. The van der Waals surface area contributed by atoms with E-state index in [0.717, 1.165) is 4.90 Å². The highest BCUT2D eigenvalue weighted by atomic mass is 35.5. The number of halogens is 3. The summed E-state index contributed by atoms with van der Waals surface area (Å²) in [7, 11) is 0. The molecule has 1 saturated heterocycles. The maximum absolute atomic E-state index is 14.0. The second-order valence-corrected chi connectivity index (χ2v) is 8.42. The molecule has 4 amide bonds. The Bertz CT molecular complexity index is 1390. The van der Waals surface area contributed by atoms with Crippen molar-refractivity contribution in [3.8, 4) is 11.5 Å². The molecule has 3 aromatic carbocycles. The molecule has 1 aliphatic rings. The maximum Gasteiger partial charge on any atom is 0.335 e. The molecule has 1 heterocycles. The van der Waals surface area contributed by atoms with Crippen LogP contribution >= 0.6 is 23.2 Å². The van der Waals surface area contributed by atoms with Crippen molar-refractivity contribution in [2.75, 3.05) is 11.5 Å². The van der Waals surface area contributed by atoms with Gasteiger partial charge in [-0.3, -0.25) is 14.9 Å². The fraction of sp³-hybridized carbons (Fsp3) is 0.115. The highest BCUT2D eigenvalue weighted by molar-refractivity contribution is 6.39. The van der Waals surface area contributed by atoms with Crippen molar-refractivity contribution in [2.24, 2.45) is 0 Å². The van der Waals surface area contributed by atoms with E-state index >= 15 is 0 Å². The Morgan fingerprint density at radius 3 is 2.50 bits per heavy atom. The number of benzene rings is 3. The van der Waals surface area contributed by atoms with Crippen molar-refractivity contribution in [2.45, 2.75) is 13.5 Å². The molecule has 1 fully saturated rings. The number of nitrogens with one attached hydrogen (secondary N) is 1. The Hall–Kier alpha value is -3.88. The summed E-state index contributed by atoms with van der Waals surface area (Å²) in [4.78, 5) is 38.9. The monoisotopic (exact) mass is 528 g/mol. The van der Waals surface area contributed by atoms with Crippen molar-refractivity contribution in [1.82, 2.24) is 5.32 Å². The van der Waals surface area contributed by atoms with Crippen LogP contribution in [0.1, 0.15) is 18.1 Å². The molecule has 7 nitrogen and oxygen atoms in total. The number of imide groups is 2. The van der Waals surface area contributed by atoms with Gasteiger partial charge in [-0.15, -0.1) is 0 Å². The van der Waals surface area contributed by atoms with Crippen LogP contribution in [0.3, 0.4) is 0 Å². The summed E-state index contributed by atoms with van der Waals surface area (Å²) in [6, 6.07) is 14.4. The van der Waals surface area contributed by atoms with Gasteiger partial charge in [-0.1, -0.05) is 47.5 Å². The van der Waals surface area contributed by atoms with Crippen LogP contribution in [0, 0.1) is 5.82 Å². The lowest BCUT2D eigenvalue weighted by atomic mass is 10.1. The first-order valence-corrected chi connectivity index (χ1v) is 11.5. The van der Waals surface area contributed by atoms with Crippen LogP contribution in [0.5, 0.6) is 11.5 Å². The normalized spacial score (nSPS) is 14.7. The quantitative estimate of drug-likeness (QED) is 0.310. The van der Waals surface area contributed by atoms with Gasteiger partial charge in [-0.05, 0) is 55.0 Å². The van der Waals surface area contributed by atoms with E-state index in [0.29, 0.717) is 16.1 Å². The Morgan fingerprint density at radius 1 is 1.00 bits per heavy atom. The van der Waals surface area contributed by atoms with E-state index in [4.69, 9.17) is 32.7 Å². The molecule has 0 aliphatic carbocycles. The van der Waals surface area contributed by atoms with E-state index in [1.54, 1.807) is 37.3 Å². The van der Waals surface area contributed by atoms with Gasteiger partial charge < -0.3 is 9.47 Å². The molecular formula is C26H19Cl2FN2O5. The first-order chi connectivity index (χ1) is 17.3. The van der Waals surface area contributed by atoms with Gasteiger partial charge >= 0.3 is 6.03 Å². The first kappa shape index (κ1) is 25.2. The molecule has 0 unspecified atom stereocenters. The molecule has 184 valence electrons. The van der Waals surface area contributed by atoms with Crippen LogP contribution in [-0.4, -0.2) is 24.5 Å². The number of hydrogen-bond donors (Lipinski definition) is 1. The second-order valence-electron chi connectivity index (χ2n) is 7.58. The van der Waals surface area contributed by atoms with Crippen molar-refractivity contribution in [1.29, 1.82) is 0 Å². The SMILES string of the molecule is CCOc1cc(/C=C2\C(=O)NC(=O)N(c3cccc(Cl)c3)C2=O)cc(Cl)c1OCc1ccccc1F. The molecule has 1 N–H and O–H groups in total. The molecule has 0 aromatic heterocycles. The molecule has 36 heavy (non-hydrogen) atoms.